The number of anilines is 3. The molecule has 0 atom stereocenters. The number of hydrogen-bond acceptors (Lipinski definition) is 8. The van der Waals surface area contributed by atoms with E-state index in [0.717, 1.165) is 12.5 Å². The maximum atomic E-state index is 11.1. The van der Waals surface area contributed by atoms with Crippen molar-refractivity contribution in [1.29, 1.82) is 0 Å². The average molecular weight is 415 g/mol. The van der Waals surface area contributed by atoms with Crippen LogP contribution >= 0.6 is 11.6 Å². The molecule has 1 aromatic heterocycles. The number of nitrogens with zero attached hydrogens (tertiary/aromatic N) is 3. The number of aromatic nitrogens is 2. The van der Waals surface area contributed by atoms with Gasteiger partial charge in [0.2, 0.25) is 21.8 Å². The molecule has 1 heterocycles. The Hall–Kier alpha value is -2.50. The van der Waals surface area contributed by atoms with Gasteiger partial charge in [-0.15, -0.1) is 0 Å². The number of rotatable bonds is 10. The highest BCUT2D eigenvalue weighted by Gasteiger charge is 2.17. The SMILES string of the molecule is CS(=O)(=O)NCCCCNc1nc(Nc2ccc(Cl)cc2)ncc1[N+](=O)[O-]. The molecule has 0 aliphatic heterocycles. The van der Waals surface area contributed by atoms with Crippen molar-refractivity contribution in [2.24, 2.45) is 0 Å². The van der Waals surface area contributed by atoms with Crippen molar-refractivity contribution in [2.45, 2.75) is 12.8 Å². The molecule has 1 aromatic carbocycles. The molecule has 3 N–H and O–H groups in total. The van der Waals surface area contributed by atoms with E-state index in [0.29, 0.717) is 36.6 Å². The Morgan fingerprint density at radius 1 is 1.19 bits per heavy atom. The minimum absolute atomic E-state index is 0.0857. The van der Waals surface area contributed by atoms with Crippen LogP contribution in [-0.2, 0) is 10.0 Å². The van der Waals surface area contributed by atoms with E-state index >= 15 is 0 Å². The minimum atomic E-state index is -3.22. The maximum absolute atomic E-state index is 11.1. The fourth-order valence-corrected chi connectivity index (χ4v) is 2.72. The zero-order chi connectivity index (χ0) is 19.9. The molecule has 0 bridgehead atoms. The molecule has 12 heteroatoms. The quantitative estimate of drug-likeness (QED) is 0.306. The van der Waals surface area contributed by atoms with Crippen LogP contribution in [0.1, 0.15) is 12.8 Å². The second-order valence-electron chi connectivity index (χ2n) is 5.62. The van der Waals surface area contributed by atoms with Crippen molar-refractivity contribution < 1.29 is 13.3 Å². The summed E-state index contributed by atoms with van der Waals surface area (Å²) in [5.74, 6) is 0.284. The topological polar surface area (TPSA) is 139 Å². The summed E-state index contributed by atoms with van der Waals surface area (Å²) in [7, 11) is -3.22. The van der Waals surface area contributed by atoms with Gasteiger partial charge >= 0.3 is 5.69 Å². The Bertz CT molecular complexity index is 892. The molecule has 0 aliphatic carbocycles. The third-order valence-electron chi connectivity index (χ3n) is 3.33. The van der Waals surface area contributed by atoms with E-state index in [4.69, 9.17) is 11.6 Å². The van der Waals surface area contributed by atoms with Crippen LogP contribution in [0.4, 0.5) is 23.1 Å². The third kappa shape index (κ3) is 7.33. The van der Waals surface area contributed by atoms with Crippen LogP contribution < -0.4 is 15.4 Å². The summed E-state index contributed by atoms with van der Waals surface area (Å²) in [5.41, 5.74) is 0.442. The van der Waals surface area contributed by atoms with E-state index in [1.165, 1.54) is 0 Å². The third-order valence-corrected chi connectivity index (χ3v) is 4.31. The average Bonchev–Trinajstić information content (AvgIpc) is 2.59. The van der Waals surface area contributed by atoms with Crippen molar-refractivity contribution in [2.75, 3.05) is 30.0 Å². The highest BCUT2D eigenvalue weighted by Crippen LogP contribution is 2.24. The molecule has 2 rings (SSSR count). The number of nitrogens with one attached hydrogen (secondary N) is 3. The van der Waals surface area contributed by atoms with Crippen molar-refractivity contribution in [1.82, 2.24) is 14.7 Å². The molecule has 10 nitrogen and oxygen atoms in total. The molecule has 0 aliphatic rings. The number of halogens is 1. The highest BCUT2D eigenvalue weighted by atomic mass is 35.5. The van der Waals surface area contributed by atoms with Gasteiger partial charge in [0.1, 0.15) is 6.20 Å². The first kappa shape index (κ1) is 20.8. The van der Waals surface area contributed by atoms with Gasteiger partial charge in [-0.25, -0.2) is 18.1 Å². The predicted octanol–water partition coefficient (Wildman–Crippen LogP) is 2.52. The van der Waals surface area contributed by atoms with Crippen LogP contribution in [0.15, 0.2) is 30.5 Å². The maximum Gasteiger partial charge on any atom is 0.329 e. The monoisotopic (exact) mass is 414 g/mol. The lowest BCUT2D eigenvalue weighted by Gasteiger charge is -2.09. The fourth-order valence-electron chi connectivity index (χ4n) is 2.08. The fraction of sp³-hybridized carbons (Fsp3) is 0.333. The zero-order valence-corrected chi connectivity index (χ0v) is 16.0. The largest absolute Gasteiger partial charge is 0.364 e. The summed E-state index contributed by atoms with van der Waals surface area (Å²) in [4.78, 5) is 18.7. The van der Waals surface area contributed by atoms with E-state index in [9.17, 15) is 18.5 Å². The highest BCUT2D eigenvalue weighted by molar-refractivity contribution is 7.88. The Morgan fingerprint density at radius 3 is 2.48 bits per heavy atom. The predicted molar refractivity (Wildman–Crippen MR) is 104 cm³/mol. The van der Waals surface area contributed by atoms with Gasteiger partial charge in [0.15, 0.2) is 0 Å². The lowest BCUT2D eigenvalue weighted by atomic mass is 10.3. The lowest BCUT2D eigenvalue weighted by Crippen LogP contribution is -2.23. The van der Waals surface area contributed by atoms with E-state index in [1.807, 2.05) is 0 Å². The second-order valence-corrected chi connectivity index (χ2v) is 7.89. The molecule has 0 spiro atoms. The van der Waals surface area contributed by atoms with Gasteiger partial charge in [-0.05, 0) is 37.1 Å². The molecular formula is C15H19ClN6O4S. The van der Waals surface area contributed by atoms with Crippen molar-refractivity contribution >= 4 is 44.8 Å². The molecular weight excluding hydrogens is 396 g/mol. The number of benzene rings is 1. The van der Waals surface area contributed by atoms with Crippen LogP contribution in [0, 0.1) is 10.1 Å². The molecule has 146 valence electrons. The number of nitro groups is 1. The van der Waals surface area contributed by atoms with E-state index in [-0.39, 0.29) is 17.5 Å². The lowest BCUT2D eigenvalue weighted by molar-refractivity contribution is -0.384. The first-order chi connectivity index (χ1) is 12.7. The summed E-state index contributed by atoms with van der Waals surface area (Å²) in [6.07, 6.45) is 3.39. The first-order valence-electron chi connectivity index (χ1n) is 7.97. The number of unbranched alkanes of at least 4 members (excludes halogenated alkanes) is 1. The molecule has 0 amide bonds. The number of sulfonamides is 1. The van der Waals surface area contributed by atoms with Gasteiger partial charge in [0, 0.05) is 23.8 Å². The van der Waals surface area contributed by atoms with Crippen LogP contribution in [0.3, 0.4) is 0 Å². The van der Waals surface area contributed by atoms with Crippen LogP contribution in [0.25, 0.3) is 0 Å². The van der Waals surface area contributed by atoms with E-state index in [2.05, 4.69) is 25.3 Å². The molecule has 0 unspecified atom stereocenters. The smallest absolute Gasteiger partial charge is 0.329 e. The van der Waals surface area contributed by atoms with E-state index < -0.39 is 14.9 Å². The van der Waals surface area contributed by atoms with Gasteiger partial charge in [-0.1, -0.05) is 11.6 Å². The minimum Gasteiger partial charge on any atom is -0.364 e. The van der Waals surface area contributed by atoms with Gasteiger partial charge in [-0.3, -0.25) is 10.1 Å². The normalized spacial score (nSPS) is 11.2. The van der Waals surface area contributed by atoms with Gasteiger partial charge in [0.05, 0.1) is 11.2 Å². The second kappa shape index (κ2) is 9.44. The van der Waals surface area contributed by atoms with Crippen molar-refractivity contribution in [3.8, 4) is 0 Å². The van der Waals surface area contributed by atoms with Crippen molar-refractivity contribution in [3.05, 3.63) is 45.6 Å². The Morgan fingerprint density at radius 2 is 1.85 bits per heavy atom. The molecule has 27 heavy (non-hydrogen) atoms. The van der Waals surface area contributed by atoms with Gasteiger partial charge in [-0.2, -0.15) is 4.98 Å². The Balaban J connectivity index is 1.98. The molecule has 2 aromatic rings. The van der Waals surface area contributed by atoms with Crippen LogP contribution in [0.2, 0.25) is 5.02 Å². The standard InChI is InChI=1S/C15H19ClN6O4S/c1-27(25,26)19-9-3-2-8-17-14-13(22(23)24)10-18-15(21-14)20-12-6-4-11(16)5-7-12/h4-7,10,19H,2-3,8-9H2,1H3,(H2,17,18,20,21). The van der Waals surface area contributed by atoms with E-state index in [1.54, 1.807) is 24.3 Å². The molecule has 0 saturated carbocycles. The summed E-state index contributed by atoms with van der Waals surface area (Å²) in [5, 5.41) is 17.6. The summed E-state index contributed by atoms with van der Waals surface area (Å²) in [6.45, 7) is 0.694. The summed E-state index contributed by atoms with van der Waals surface area (Å²) >= 11 is 5.83. The first-order valence-corrected chi connectivity index (χ1v) is 10.2. The van der Waals surface area contributed by atoms with Gasteiger partial charge < -0.3 is 10.6 Å². The summed E-state index contributed by atoms with van der Waals surface area (Å²) < 4.78 is 24.3. The Kier molecular flexibility index (Phi) is 7.28. The van der Waals surface area contributed by atoms with Crippen molar-refractivity contribution in [3.63, 3.8) is 0 Å². The number of hydrogen-bond donors (Lipinski definition) is 3. The van der Waals surface area contributed by atoms with Crippen LogP contribution in [0.5, 0.6) is 0 Å². The van der Waals surface area contributed by atoms with Gasteiger partial charge in [0.25, 0.3) is 0 Å². The zero-order valence-electron chi connectivity index (χ0n) is 14.5. The Labute approximate surface area is 161 Å². The van der Waals surface area contributed by atoms with Crippen LogP contribution in [-0.4, -0.2) is 42.7 Å². The molecule has 0 fully saturated rings. The molecule has 0 radical (unpaired) electrons. The molecule has 0 saturated heterocycles. The summed E-state index contributed by atoms with van der Waals surface area (Å²) in [6, 6.07) is 6.85.